The second kappa shape index (κ2) is 6.45. The van der Waals surface area contributed by atoms with Crippen LogP contribution < -0.4 is 11.3 Å². The molecule has 112 valence electrons. The van der Waals surface area contributed by atoms with Gasteiger partial charge in [-0.1, -0.05) is 51.6 Å². The number of nitrogen functional groups attached to an aromatic ring is 1. The van der Waals surface area contributed by atoms with Crippen LogP contribution in [0.2, 0.25) is 0 Å². The molecule has 0 fully saturated rings. The lowest BCUT2D eigenvalue weighted by Gasteiger charge is -2.19. The second-order valence-corrected chi connectivity index (χ2v) is 6.94. The Balaban J connectivity index is 2.26. The fourth-order valence-corrected chi connectivity index (χ4v) is 3.02. The average molecular weight is 302 g/mol. The Kier molecular flexibility index (Phi) is 4.85. The van der Waals surface area contributed by atoms with E-state index in [1.165, 1.54) is 10.5 Å². The van der Waals surface area contributed by atoms with Gasteiger partial charge in [0, 0.05) is 10.5 Å². The SMILES string of the molecule is CCc1c(NN)ncnc1Sc1ccc(C(C)(C)C)cc1. The van der Waals surface area contributed by atoms with Gasteiger partial charge in [-0.05, 0) is 29.5 Å². The second-order valence-electron chi connectivity index (χ2n) is 5.88. The van der Waals surface area contributed by atoms with Crippen LogP contribution in [-0.2, 0) is 11.8 Å². The highest BCUT2D eigenvalue weighted by Crippen LogP contribution is 2.32. The number of nitrogens with zero attached hydrogens (tertiary/aromatic N) is 2. The van der Waals surface area contributed by atoms with Gasteiger partial charge in [0.2, 0.25) is 0 Å². The molecule has 0 radical (unpaired) electrons. The van der Waals surface area contributed by atoms with Gasteiger partial charge in [0.1, 0.15) is 17.2 Å². The van der Waals surface area contributed by atoms with Crippen LogP contribution in [0, 0.1) is 0 Å². The number of hydrazine groups is 1. The number of aromatic nitrogens is 2. The lowest BCUT2D eigenvalue weighted by Crippen LogP contribution is -2.12. The Morgan fingerprint density at radius 3 is 2.33 bits per heavy atom. The average Bonchev–Trinajstić information content (AvgIpc) is 2.46. The molecule has 0 aliphatic rings. The van der Waals surface area contributed by atoms with Gasteiger partial charge < -0.3 is 5.43 Å². The smallest absolute Gasteiger partial charge is 0.147 e. The van der Waals surface area contributed by atoms with Crippen molar-refractivity contribution >= 4 is 17.6 Å². The van der Waals surface area contributed by atoms with E-state index in [4.69, 9.17) is 5.84 Å². The standard InChI is InChI=1S/C16H22N4S/c1-5-13-14(20-17)18-10-19-15(13)21-12-8-6-11(7-9-12)16(2,3)4/h6-10H,5,17H2,1-4H3,(H,18,19,20). The predicted octanol–water partition coefficient (Wildman–Crippen LogP) is 3.77. The maximum Gasteiger partial charge on any atom is 0.147 e. The first-order valence-corrected chi connectivity index (χ1v) is 7.86. The monoisotopic (exact) mass is 302 g/mol. The molecule has 2 rings (SSSR count). The first kappa shape index (κ1) is 15.8. The Morgan fingerprint density at radius 1 is 1.14 bits per heavy atom. The number of rotatable bonds is 4. The van der Waals surface area contributed by atoms with Gasteiger partial charge in [-0.25, -0.2) is 15.8 Å². The van der Waals surface area contributed by atoms with E-state index < -0.39 is 0 Å². The lowest BCUT2D eigenvalue weighted by atomic mass is 9.87. The molecule has 0 atom stereocenters. The zero-order chi connectivity index (χ0) is 15.5. The Morgan fingerprint density at radius 2 is 1.81 bits per heavy atom. The van der Waals surface area contributed by atoms with Crippen molar-refractivity contribution in [2.75, 3.05) is 5.43 Å². The molecule has 1 aromatic heterocycles. The quantitative estimate of drug-likeness (QED) is 0.511. The summed E-state index contributed by atoms with van der Waals surface area (Å²) in [5, 5.41) is 0.948. The molecule has 0 amide bonds. The van der Waals surface area contributed by atoms with Gasteiger partial charge in [-0.15, -0.1) is 0 Å². The number of nitrogens with one attached hydrogen (secondary N) is 1. The van der Waals surface area contributed by atoms with Crippen molar-refractivity contribution in [3.8, 4) is 0 Å². The molecule has 0 aliphatic heterocycles. The van der Waals surface area contributed by atoms with Crippen LogP contribution in [0.15, 0.2) is 40.5 Å². The van der Waals surface area contributed by atoms with Gasteiger partial charge >= 0.3 is 0 Å². The van der Waals surface area contributed by atoms with Crippen LogP contribution in [-0.4, -0.2) is 9.97 Å². The largest absolute Gasteiger partial charge is 0.308 e. The molecule has 1 aromatic carbocycles. The molecule has 0 bridgehead atoms. The third kappa shape index (κ3) is 3.74. The summed E-state index contributed by atoms with van der Waals surface area (Å²) in [6, 6.07) is 8.64. The van der Waals surface area contributed by atoms with Crippen LogP contribution in [0.3, 0.4) is 0 Å². The minimum absolute atomic E-state index is 0.170. The Bertz CT molecular complexity index is 603. The summed E-state index contributed by atoms with van der Waals surface area (Å²) in [6.07, 6.45) is 2.38. The molecule has 0 aliphatic carbocycles. The molecule has 0 saturated carbocycles. The highest BCUT2D eigenvalue weighted by Gasteiger charge is 2.14. The van der Waals surface area contributed by atoms with Crippen molar-refractivity contribution < 1.29 is 0 Å². The molecule has 2 aromatic rings. The number of hydrogen-bond acceptors (Lipinski definition) is 5. The van der Waals surface area contributed by atoms with Crippen molar-refractivity contribution in [2.45, 2.75) is 49.5 Å². The Hall–Kier alpha value is -1.59. The van der Waals surface area contributed by atoms with Crippen LogP contribution >= 0.6 is 11.8 Å². The van der Waals surface area contributed by atoms with E-state index >= 15 is 0 Å². The summed E-state index contributed by atoms with van der Waals surface area (Å²) in [7, 11) is 0. The van der Waals surface area contributed by atoms with Crippen molar-refractivity contribution in [1.82, 2.24) is 9.97 Å². The Labute approximate surface area is 130 Å². The maximum absolute atomic E-state index is 5.51. The summed E-state index contributed by atoms with van der Waals surface area (Å²) in [6.45, 7) is 8.72. The zero-order valence-electron chi connectivity index (χ0n) is 13.0. The van der Waals surface area contributed by atoms with E-state index in [1.54, 1.807) is 18.1 Å². The van der Waals surface area contributed by atoms with Gasteiger partial charge in [0.25, 0.3) is 0 Å². The maximum atomic E-state index is 5.51. The number of anilines is 1. The van der Waals surface area contributed by atoms with Crippen molar-refractivity contribution in [1.29, 1.82) is 0 Å². The van der Waals surface area contributed by atoms with E-state index in [2.05, 4.69) is 67.4 Å². The molecular formula is C16H22N4S. The molecule has 4 nitrogen and oxygen atoms in total. The van der Waals surface area contributed by atoms with Crippen molar-refractivity contribution in [2.24, 2.45) is 5.84 Å². The highest BCUT2D eigenvalue weighted by atomic mass is 32.2. The van der Waals surface area contributed by atoms with Crippen LogP contribution in [0.25, 0.3) is 0 Å². The molecule has 0 spiro atoms. The third-order valence-electron chi connectivity index (χ3n) is 3.33. The topological polar surface area (TPSA) is 63.8 Å². The minimum atomic E-state index is 0.170. The summed E-state index contributed by atoms with van der Waals surface area (Å²) in [5.41, 5.74) is 5.18. The van der Waals surface area contributed by atoms with Gasteiger partial charge in [-0.3, -0.25) is 0 Å². The van der Waals surface area contributed by atoms with E-state index in [0.717, 1.165) is 17.0 Å². The number of hydrogen-bond donors (Lipinski definition) is 2. The molecule has 3 N–H and O–H groups in total. The summed E-state index contributed by atoms with van der Waals surface area (Å²) in [5.74, 6) is 6.20. The first-order valence-electron chi connectivity index (χ1n) is 7.04. The number of benzene rings is 1. The highest BCUT2D eigenvalue weighted by molar-refractivity contribution is 7.99. The summed E-state index contributed by atoms with van der Waals surface area (Å²) >= 11 is 1.64. The minimum Gasteiger partial charge on any atom is -0.308 e. The van der Waals surface area contributed by atoms with Crippen molar-refractivity contribution in [3.05, 3.63) is 41.7 Å². The lowest BCUT2D eigenvalue weighted by molar-refractivity contribution is 0.590. The zero-order valence-corrected chi connectivity index (χ0v) is 13.8. The number of nitrogens with two attached hydrogens (primary N) is 1. The van der Waals surface area contributed by atoms with Crippen LogP contribution in [0.4, 0.5) is 5.82 Å². The third-order valence-corrected chi connectivity index (χ3v) is 4.38. The molecular weight excluding hydrogens is 280 g/mol. The van der Waals surface area contributed by atoms with Gasteiger partial charge in [0.05, 0.1) is 0 Å². The summed E-state index contributed by atoms with van der Waals surface area (Å²) in [4.78, 5) is 9.70. The van der Waals surface area contributed by atoms with Crippen LogP contribution in [0.5, 0.6) is 0 Å². The normalized spacial score (nSPS) is 11.5. The van der Waals surface area contributed by atoms with Crippen LogP contribution in [0.1, 0.15) is 38.8 Å². The molecule has 1 heterocycles. The fourth-order valence-electron chi connectivity index (χ4n) is 2.06. The molecule has 0 saturated heterocycles. The van der Waals surface area contributed by atoms with Crippen molar-refractivity contribution in [3.63, 3.8) is 0 Å². The van der Waals surface area contributed by atoms with E-state index in [9.17, 15) is 0 Å². The van der Waals surface area contributed by atoms with Gasteiger partial charge in [-0.2, -0.15) is 0 Å². The van der Waals surface area contributed by atoms with Gasteiger partial charge in [0.15, 0.2) is 0 Å². The first-order chi connectivity index (χ1) is 9.95. The van der Waals surface area contributed by atoms with E-state index in [-0.39, 0.29) is 5.41 Å². The molecule has 0 unspecified atom stereocenters. The fraction of sp³-hybridized carbons (Fsp3) is 0.375. The van der Waals surface area contributed by atoms with E-state index in [1.807, 2.05) is 0 Å². The predicted molar refractivity (Wildman–Crippen MR) is 88.5 cm³/mol. The summed E-state index contributed by atoms with van der Waals surface area (Å²) < 4.78 is 0. The van der Waals surface area contributed by atoms with E-state index in [0.29, 0.717) is 5.82 Å². The molecule has 5 heteroatoms. The molecule has 21 heavy (non-hydrogen) atoms.